The molecule has 6 heteroatoms. The van der Waals surface area contributed by atoms with E-state index in [0.29, 0.717) is 18.5 Å². The van der Waals surface area contributed by atoms with E-state index in [2.05, 4.69) is 4.72 Å². The summed E-state index contributed by atoms with van der Waals surface area (Å²) in [4.78, 5) is 11.7. The molecule has 0 aliphatic heterocycles. The van der Waals surface area contributed by atoms with Crippen molar-refractivity contribution >= 4 is 15.8 Å². The van der Waals surface area contributed by atoms with Crippen LogP contribution < -0.4 is 4.72 Å². The van der Waals surface area contributed by atoms with Gasteiger partial charge in [-0.3, -0.25) is 4.79 Å². The van der Waals surface area contributed by atoms with Crippen molar-refractivity contribution in [1.82, 2.24) is 4.72 Å². The van der Waals surface area contributed by atoms with Gasteiger partial charge in [-0.1, -0.05) is 25.1 Å². The Morgan fingerprint density at radius 1 is 1.32 bits per heavy atom. The lowest BCUT2D eigenvalue weighted by molar-refractivity contribution is -0.122. The van der Waals surface area contributed by atoms with E-state index in [-0.39, 0.29) is 23.7 Å². The van der Waals surface area contributed by atoms with Crippen molar-refractivity contribution in [1.29, 1.82) is 0 Å². The molecule has 0 bridgehead atoms. The number of ether oxygens (including phenoxy) is 1. The predicted octanol–water partition coefficient (Wildman–Crippen LogP) is 1.13. The van der Waals surface area contributed by atoms with Crippen LogP contribution in [0.2, 0.25) is 0 Å². The van der Waals surface area contributed by atoms with Gasteiger partial charge in [-0.15, -0.1) is 0 Å². The molecule has 0 fully saturated rings. The van der Waals surface area contributed by atoms with Gasteiger partial charge in [-0.2, -0.15) is 0 Å². The molecular weight excluding hydrogens is 266 g/mol. The lowest BCUT2D eigenvalue weighted by Gasteiger charge is -2.10. The maximum absolute atomic E-state index is 12.1. The Morgan fingerprint density at radius 3 is 2.63 bits per heavy atom. The average Bonchev–Trinajstić information content (AvgIpc) is 2.37. The summed E-state index contributed by atoms with van der Waals surface area (Å²) in [6.07, 6.45) is 0.765. The summed E-state index contributed by atoms with van der Waals surface area (Å²) in [5.41, 5.74) is 0.494. The fraction of sp³-hybridized carbons (Fsp3) is 0.462. The summed E-state index contributed by atoms with van der Waals surface area (Å²) in [6.45, 7) is 2.25. The monoisotopic (exact) mass is 285 g/mol. The van der Waals surface area contributed by atoms with Gasteiger partial charge < -0.3 is 4.74 Å². The van der Waals surface area contributed by atoms with Crippen LogP contribution in [0.5, 0.6) is 0 Å². The number of hydrogen-bond acceptors (Lipinski definition) is 4. The second-order valence-corrected chi connectivity index (χ2v) is 5.89. The number of carbonyl (C=O) groups is 1. The molecular formula is C13H19NO4S. The average molecular weight is 285 g/mol. The fourth-order valence-electron chi connectivity index (χ4n) is 1.65. The molecule has 0 saturated carbocycles. The van der Waals surface area contributed by atoms with Crippen LogP contribution in [0, 0.1) is 0 Å². The van der Waals surface area contributed by atoms with E-state index < -0.39 is 10.0 Å². The van der Waals surface area contributed by atoms with Crippen molar-refractivity contribution in [2.75, 3.05) is 20.3 Å². The Kier molecular flexibility index (Phi) is 6.14. The van der Waals surface area contributed by atoms with Gasteiger partial charge in [-0.05, 0) is 18.1 Å². The van der Waals surface area contributed by atoms with Crippen LogP contribution in [0.3, 0.4) is 0 Å². The predicted molar refractivity (Wildman–Crippen MR) is 72.5 cm³/mol. The standard InChI is InChI=1S/C13H19NO4S/c1-3-8-14-19(16,17)13-7-5-4-6-11(13)9-12(15)10-18-2/h4-7,14H,3,8-10H2,1-2H3. The van der Waals surface area contributed by atoms with Crippen molar-refractivity contribution in [3.05, 3.63) is 29.8 Å². The second kappa shape index (κ2) is 7.37. The summed E-state index contributed by atoms with van der Waals surface area (Å²) in [7, 11) is -2.12. The third-order valence-corrected chi connectivity index (χ3v) is 4.06. The number of methoxy groups -OCH3 is 1. The molecule has 0 spiro atoms. The van der Waals surface area contributed by atoms with Gasteiger partial charge in [0.2, 0.25) is 10.0 Å². The molecule has 0 atom stereocenters. The SMILES string of the molecule is CCCNS(=O)(=O)c1ccccc1CC(=O)COC. The molecule has 1 rings (SSSR count). The van der Waals surface area contributed by atoms with Gasteiger partial charge in [0.1, 0.15) is 6.61 Å². The van der Waals surface area contributed by atoms with E-state index >= 15 is 0 Å². The van der Waals surface area contributed by atoms with Crippen molar-refractivity contribution in [2.24, 2.45) is 0 Å². The highest BCUT2D eigenvalue weighted by molar-refractivity contribution is 7.89. The first-order chi connectivity index (χ1) is 9.01. The third-order valence-electron chi connectivity index (χ3n) is 2.50. The van der Waals surface area contributed by atoms with Crippen LogP contribution >= 0.6 is 0 Å². The Hall–Kier alpha value is -1.24. The van der Waals surface area contributed by atoms with Crippen LogP contribution in [-0.4, -0.2) is 34.5 Å². The maximum Gasteiger partial charge on any atom is 0.240 e. The van der Waals surface area contributed by atoms with Crippen LogP contribution in [0.4, 0.5) is 0 Å². The first-order valence-electron chi connectivity index (χ1n) is 6.09. The molecule has 19 heavy (non-hydrogen) atoms. The molecule has 106 valence electrons. The van der Waals surface area contributed by atoms with Gasteiger partial charge in [0.25, 0.3) is 0 Å². The van der Waals surface area contributed by atoms with Gasteiger partial charge in [0.15, 0.2) is 5.78 Å². The topological polar surface area (TPSA) is 72.5 Å². The zero-order chi connectivity index (χ0) is 14.3. The Labute approximate surface area is 114 Å². The first kappa shape index (κ1) is 15.8. The molecule has 5 nitrogen and oxygen atoms in total. The number of sulfonamides is 1. The summed E-state index contributed by atoms with van der Waals surface area (Å²) < 4.78 is 31.4. The highest BCUT2D eigenvalue weighted by Gasteiger charge is 2.18. The zero-order valence-electron chi connectivity index (χ0n) is 11.2. The van der Waals surface area contributed by atoms with E-state index in [4.69, 9.17) is 4.74 Å². The summed E-state index contributed by atoms with van der Waals surface area (Å²) in [5, 5.41) is 0. The van der Waals surface area contributed by atoms with Crippen LogP contribution in [0.15, 0.2) is 29.2 Å². The number of ketones is 1. The minimum atomic E-state index is -3.56. The van der Waals surface area contributed by atoms with Crippen molar-refractivity contribution in [2.45, 2.75) is 24.7 Å². The van der Waals surface area contributed by atoms with Gasteiger partial charge in [-0.25, -0.2) is 13.1 Å². The zero-order valence-corrected chi connectivity index (χ0v) is 12.0. The smallest absolute Gasteiger partial charge is 0.240 e. The molecule has 0 aliphatic rings. The maximum atomic E-state index is 12.1. The number of hydrogen-bond donors (Lipinski definition) is 1. The highest BCUT2D eigenvalue weighted by Crippen LogP contribution is 2.16. The third kappa shape index (κ3) is 4.74. The van der Waals surface area contributed by atoms with Gasteiger partial charge in [0.05, 0.1) is 4.90 Å². The van der Waals surface area contributed by atoms with E-state index in [1.165, 1.54) is 13.2 Å². The van der Waals surface area contributed by atoms with Gasteiger partial charge in [0, 0.05) is 20.1 Å². The number of nitrogens with one attached hydrogen (secondary N) is 1. The quantitative estimate of drug-likeness (QED) is 0.777. The fourth-order valence-corrected chi connectivity index (χ4v) is 3.02. The molecule has 0 heterocycles. The van der Waals surface area contributed by atoms with E-state index in [0.717, 1.165) is 0 Å². The van der Waals surface area contributed by atoms with Crippen molar-refractivity contribution in [3.8, 4) is 0 Å². The Bertz CT molecular complexity index is 525. The molecule has 0 unspecified atom stereocenters. The van der Waals surface area contributed by atoms with E-state index in [1.807, 2.05) is 6.92 Å². The molecule has 0 saturated heterocycles. The van der Waals surface area contributed by atoms with Crippen LogP contribution in [0.1, 0.15) is 18.9 Å². The molecule has 1 N–H and O–H groups in total. The van der Waals surface area contributed by atoms with Crippen molar-refractivity contribution in [3.63, 3.8) is 0 Å². The number of Topliss-reactive ketones (excluding diaryl/α,β-unsaturated/α-hetero) is 1. The lowest BCUT2D eigenvalue weighted by Crippen LogP contribution is -2.26. The van der Waals surface area contributed by atoms with Crippen molar-refractivity contribution < 1.29 is 17.9 Å². The summed E-state index contributed by atoms with van der Waals surface area (Å²) >= 11 is 0. The minimum absolute atomic E-state index is 0.0171. The highest BCUT2D eigenvalue weighted by atomic mass is 32.2. The molecule has 0 aromatic heterocycles. The summed E-state index contributed by atoms with van der Waals surface area (Å²) in [6, 6.07) is 6.51. The van der Waals surface area contributed by atoms with Crippen LogP contribution in [0.25, 0.3) is 0 Å². The Morgan fingerprint density at radius 2 is 2.00 bits per heavy atom. The van der Waals surface area contributed by atoms with E-state index in [9.17, 15) is 13.2 Å². The normalized spacial score (nSPS) is 11.5. The molecule has 1 aromatic carbocycles. The Balaban J connectivity index is 2.98. The largest absolute Gasteiger partial charge is 0.377 e. The van der Waals surface area contributed by atoms with Gasteiger partial charge >= 0.3 is 0 Å². The minimum Gasteiger partial charge on any atom is -0.377 e. The second-order valence-electron chi connectivity index (χ2n) is 4.15. The molecule has 1 aromatic rings. The van der Waals surface area contributed by atoms with Crippen LogP contribution in [-0.2, 0) is 26.0 Å². The number of benzene rings is 1. The molecule has 0 radical (unpaired) electrons. The molecule has 0 aliphatic carbocycles. The number of carbonyl (C=O) groups excluding carboxylic acids is 1. The first-order valence-corrected chi connectivity index (χ1v) is 7.57. The van der Waals surface area contributed by atoms with E-state index in [1.54, 1.807) is 18.2 Å². The summed E-state index contributed by atoms with van der Waals surface area (Å²) in [5.74, 6) is -0.152. The lowest BCUT2D eigenvalue weighted by atomic mass is 10.1. The number of rotatable bonds is 8. The molecule has 0 amide bonds.